The fourth-order valence-corrected chi connectivity index (χ4v) is 2.67. The van der Waals surface area contributed by atoms with Gasteiger partial charge in [0.1, 0.15) is 5.00 Å². The average molecular weight is 241 g/mol. The Morgan fingerprint density at radius 1 is 1.44 bits per heavy atom. The summed E-state index contributed by atoms with van der Waals surface area (Å²) in [4.78, 5) is 23.7. The van der Waals surface area contributed by atoms with Crippen molar-refractivity contribution in [3.8, 4) is 0 Å². The smallest absolute Gasteiger partial charge is 0.341 e. The van der Waals surface area contributed by atoms with Crippen molar-refractivity contribution in [3.63, 3.8) is 0 Å². The predicted octanol–water partition coefficient (Wildman–Crippen LogP) is 2.36. The highest BCUT2D eigenvalue weighted by molar-refractivity contribution is 7.16. The third-order valence-corrected chi connectivity index (χ3v) is 3.60. The second-order valence-electron chi connectivity index (χ2n) is 3.38. The first-order valence-electron chi connectivity index (χ1n) is 4.99. The van der Waals surface area contributed by atoms with Crippen molar-refractivity contribution in [1.29, 1.82) is 0 Å². The fourth-order valence-electron chi connectivity index (χ4n) is 1.49. The molecule has 5 heteroatoms. The summed E-state index contributed by atoms with van der Waals surface area (Å²) >= 11 is 1.43. The van der Waals surface area contributed by atoms with E-state index in [1.165, 1.54) is 25.4 Å². The molecule has 0 unspecified atom stereocenters. The van der Waals surface area contributed by atoms with Gasteiger partial charge >= 0.3 is 5.97 Å². The SMILES string of the molecule is CCc1sc(NC(C)=O)c(C(=O)OC)c1C. The zero-order valence-corrected chi connectivity index (χ0v) is 10.7. The lowest BCUT2D eigenvalue weighted by Gasteiger charge is -2.03. The lowest BCUT2D eigenvalue weighted by molar-refractivity contribution is -0.114. The molecule has 0 aliphatic carbocycles. The van der Waals surface area contributed by atoms with E-state index in [0.29, 0.717) is 10.6 Å². The van der Waals surface area contributed by atoms with Gasteiger partial charge in [0, 0.05) is 11.8 Å². The van der Waals surface area contributed by atoms with E-state index in [2.05, 4.69) is 5.32 Å². The lowest BCUT2D eigenvalue weighted by Crippen LogP contribution is -2.10. The van der Waals surface area contributed by atoms with Crippen LogP contribution in [0.2, 0.25) is 0 Å². The van der Waals surface area contributed by atoms with Crippen molar-refractivity contribution in [2.75, 3.05) is 12.4 Å². The molecule has 1 N–H and O–H groups in total. The van der Waals surface area contributed by atoms with Crippen LogP contribution >= 0.6 is 11.3 Å². The van der Waals surface area contributed by atoms with Crippen molar-refractivity contribution in [3.05, 3.63) is 16.0 Å². The Hall–Kier alpha value is -1.36. The van der Waals surface area contributed by atoms with Gasteiger partial charge in [0.25, 0.3) is 0 Å². The van der Waals surface area contributed by atoms with Crippen LogP contribution in [0, 0.1) is 6.92 Å². The Bertz CT molecular complexity index is 423. The average Bonchev–Trinajstić information content (AvgIpc) is 2.53. The van der Waals surface area contributed by atoms with Crippen molar-refractivity contribution >= 4 is 28.2 Å². The molecule has 1 aromatic rings. The minimum absolute atomic E-state index is 0.186. The van der Waals surface area contributed by atoms with Gasteiger partial charge in [-0.25, -0.2) is 4.79 Å². The molecule has 0 spiro atoms. The highest BCUT2D eigenvalue weighted by atomic mass is 32.1. The fraction of sp³-hybridized carbons (Fsp3) is 0.455. The number of amides is 1. The summed E-state index contributed by atoms with van der Waals surface area (Å²) in [5.41, 5.74) is 1.36. The van der Waals surface area contributed by atoms with Gasteiger partial charge in [0.15, 0.2) is 0 Å². The van der Waals surface area contributed by atoms with Crippen molar-refractivity contribution in [2.45, 2.75) is 27.2 Å². The standard InChI is InChI=1S/C11H15NO3S/c1-5-8-6(2)9(11(14)15-4)10(16-8)12-7(3)13/h5H2,1-4H3,(H,12,13). The number of carbonyl (C=O) groups excluding carboxylic acids is 2. The minimum atomic E-state index is -0.405. The summed E-state index contributed by atoms with van der Waals surface area (Å²) in [7, 11) is 1.34. The van der Waals surface area contributed by atoms with Crippen LogP contribution in [-0.2, 0) is 16.0 Å². The van der Waals surface area contributed by atoms with Gasteiger partial charge in [-0.15, -0.1) is 11.3 Å². The maximum absolute atomic E-state index is 11.6. The first kappa shape index (κ1) is 12.7. The van der Waals surface area contributed by atoms with E-state index in [1.54, 1.807) is 0 Å². The Morgan fingerprint density at radius 2 is 2.06 bits per heavy atom. The summed E-state index contributed by atoms with van der Waals surface area (Å²) in [6.07, 6.45) is 0.833. The predicted molar refractivity (Wildman–Crippen MR) is 64.1 cm³/mol. The largest absolute Gasteiger partial charge is 0.465 e. The number of rotatable bonds is 3. The van der Waals surface area contributed by atoms with Gasteiger partial charge in [0.05, 0.1) is 12.7 Å². The molecule has 0 bridgehead atoms. The first-order chi connectivity index (χ1) is 7.51. The number of methoxy groups -OCH3 is 1. The number of hydrogen-bond donors (Lipinski definition) is 1. The summed E-state index contributed by atoms with van der Waals surface area (Å²) in [5.74, 6) is -0.591. The van der Waals surface area contributed by atoms with E-state index >= 15 is 0 Å². The van der Waals surface area contributed by atoms with Gasteiger partial charge in [-0.05, 0) is 18.9 Å². The van der Waals surface area contributed by atoms with Crippen molar-refractivity contribution in [2.24, 2.45) is 0 Å². The molecule has 1 amide bonds. The van der Waals surface area contributed by atoms with Gasteiger partial charge in [-0.3, -0.25) is 4.79 Å². The quantitative estimate of drug-likeness (QED) is 0.826. The topological polar surface area (TPSA) is 55.4 Å². The Balaban J connectivity index is 3.24. The monoisotopic (exact) mass is 241 g/mol. The van der Waals surface area contributed by atoms with Crippen LogP contribution < -0.4 is 5.32 Å². The van der Waals surface area contributed by atoms with E-state index in [4.69, 9.17) is 4.74 Å². The van der Waals surface area contributed by atoms with Crippen LogP contribution in [0.3, 0.4) is 0 Å². The van der Waals surface area contributed by atoms with Crippen LogP contribution in [0.5, 0.6) is 0 Å². The summed E-state index contributed by atoms with van der Waals surface area (Å²) in [6.45, 7) is 5.30. The van der Waals surface area contributed by atoms with Crippen LogP contribution in [0.1, 0.15) is 34.6 Å². The summed E-state index contributed by atoms with van der Waals surface area (Å²) in [6, 6.07) is 0. The maximum Gasteiger partial charge on any atom is 0.341 e. The van der Waals surface area contributed by atoms with Gasteiger partial charge in [0.2, 0.25) is 5.91 Å². The molecule has 0 saturated heterocycles. The molecule has 88 valence electrons. The van der Waals surface area contributed by atoms with Crippen molar-refractivity contribution < 1.29 is 14.3 Å². The summed E-state index contributed by atoms with van der Waals surface area (Å²) < 4.78 is 4.71. The molecule has 0 aromatic carbocycles. The molecule has 0 radical (unpaired) electrons. The molecule has 0 aliphatic rings. The molecule has 1 rings (SSSR count). The molecule has 0 fully saturated rings. The normalized spacial score (nSPS) is 10.0. The first-order valence-corrected chi connectivity index (χ1v) is 5.81. The number of anilines is 1. The molecule has 1 heterocycles. The molecular weight excluding hydrogens is 226 g/mol. The van der Waals surface area contributed by atoms with Crippen LogP contribution in [0.4, 0.5) is 5.00 Å². The van der Waals surface area contributed by atoms with E-state index in [-0.39, 0.29) is 5.91 Å². The second kappa shape index (κ2) is 5.12. The van der Waals surface area contributed by atoms with Gasteiger partial charge < -0.3 is 10.1 Å². The number of esters is 1. The van der Waals surface area contributed by atoms with Crippen molar-refractivity contribution in [1.82, 2.24) is 0 Å². The number of hydrogen-bond acceptors (Lipinski definition) is 4. The highest BCUT2D eigenvalue weighted by Gasteiger charge is 2.21. The lowest BCUT2D eigenvalue weighted by atomic mass is 10.1. The molecule has 4 nitrogen and oxygen atoms in total. The van der Waals surface area contributed by atoms with Gasteiger partial charge in [-0.1, -0.05) is 6.92 Å². The van der Waals surface area contributed by atoms with Gasteiger partial charge in [-0.2, -0.15) is 0 Å². The van der Waals surface area contributed by atoms with Crippen LogP contribution in [-0.4, -0.2) is 19.0 Å². The molecule has 0 saturated carbocycles. The minimum Gasteiger partial charge on any atom is -0.465 e. The number of aryl methyl sites for hydroxylation is 1. The molecular formula is C11H15NO3S. The number of carbonyl (C=O) groups is 2. The van der Waals surface area contributed by atoms with Crippen LogP contribution in [0.15, 0.2) is 0 Å². The van der Waals surface area contributed by atoms with E-state index in [9.17, 15) is 9.59 Å². The Labute approximate surface area is 98.6 Å². The van der Waals surface area contributed by atoms with E-state index in [0.717, 1.165) is 16.9 Å². The maximum atomic E-state index is 11.6. The highest BCUT2D eigenvalue weighted by Crippen LogP contribution is 2.33. The molecule has 1 aromatic heterocycles. The third kappa shape index (κ3) is 2.41. The zero-order chi connectivity index (χ0) is 12.3. The molecule has 0 aliphatic heterocycles. The molecule has 16 heavy (non-hydrogen) atoms. The third-order valence-electron chi connectivity index (χ3n) is 2.25. The Morgan fingerprint density at radius 3 is 2.50 bits per heavy atom. The van der Waals surface area contributed by atoms with Crippen LogP contribution in [0.25, 0.3) is 0 Å². The number of thiophene rings is 1. The second-order valence-corrected chi connectivity index (χ2v) is 4.49. The zero-order valence-electron chi connectivity index (χ0n) is 9.84. The Kier molecular flexibility index (Phi) is 4.06. The van der Waals surface area contributed by atoms with E-state index < -0.39 is 5.97 Å². The van der Waals surface area contributed by atoms with E-state index in [1.807, 2.05) is 13.8 Å². The molecule has 0 atom stereocenters. The summed E-state index contributed by atoms with van der Waals surface area (Å²) in [5, 5.41) is 3.24. The number of nitrogens with one attached hydrogen (secondary N) is 1. The number of ether oxygens (including phenoxy) is 1.